The number of carbonyl (C=O) groups excluding carboxylic acids is 2. The standard InChI is InChI=1S/C18H22N4O2/c1-12(2)15-10-16(21-20-15)18(24)22-9-8-14(11-22)19-17(23)13-6-4-3-5-7-13/h3-7,10,12,14H,8-9,11H2,1-2H3,(H,19,23)(H,20,21). The highest BCUT2D eigenvalue weighted by Crippen LogP contribution is 2.16. The highest BCUT2D eigenvalue weighted by molar-refractivity contribution is 5.95. The van der Waals surface area contributed by atoms with Crippen LogP contribution in [0.5, 0.6) is 0 Å². The Morgan fingerprint density at radius 2 is 2.04 bits per heavy atom. The molecule has 2 N–H and O–H groups in total. The zero-order chi connectivity index (χ0) is 17.1. The van der Waals surface area contributed by atoms with Crippen molar-refractivity contribution in [3.05, 3.63) is 53.3 Å². The monoisotopic (exact) mass is 326 g/mol. The van der Waals surface area contributed by atoms with Crippen LogP contribution in [0, 0.1) is 0 Å². The number of amides is 2. The largest absolute Gasteiger partial charge is 0.347 e. The van der Waals surface area contributed by atoms with Gasteiger partial charge in [-0.15, -0.1) is 0 Å². The van der Waals surface area contributed by atoms with Gasteiger partial charge >= 0.3 is 0 Å². The van der Waals surface area contributed by atoms with Gasteiger partial charge in [-0.2, -0.15) is 5.10 Å². The van der Waals surface area contributed by atoms with E-state index in [1.165, 1.54) is 0 Å². The number of rotatable bonds is 4. The van der Waals surface area contributed by atoms with Crippen LogP contribution in [0.3, 0.4) is 0 Å². The van der Waals surface area contributed by atoms with Gasteiger partial charge < -0.3 is 10.2 Å². The highest BCUT2D eigenvalue weighted by Gasteiger charge is 2.29. The second kappa shape index (κ2) is 6.86. The van der Waals surface area contributed by atoms with Crippen molar-refractivity contribution < 1.29 is 9.59 Å². The van der Waals surface area contributed by atoms with Gasteiger partial charge in [-0.25, -0.2) is 0 Å². The molecule has 2 amide bonds. The summed E-state index contributed by atoms with van der Waals surface area (Å²) in [5.74, 6) is 0.113. The Balaban J connectivity index is 1.58. The van der Waals surface area contributed by atoms with Crippen LogP contribution < -0.4 is 5.32 Å². The molecular formula is C18H22N4O2. The van der Waals surface area contributed by atoms with Crippen molar-refractivity contribution in [1.29, 1.82) is 0 Å². The molecule has 1 aliphatic heterocycles. The van der Waals surface area contributed by atoms with Gasteiger partial charge in [0.05, 0.1) is 0 Å². The molecule has 1 atom stereocenters. The van der Waals surface area contributed by atoms with Gasteiger partial charge in [0.15, 0.2) is 0 Å². The maximum Gasteiger partial charge on any atom is 0.274 e. The number of likely N-dealkylation sites (tertiary alicyclic amines) is 1. The molecule has 6 heteroatoms. The summed E-state index contributed by atoms with van der Waals surface area (Å²) in [5.41, 5.74) is 2.02. The molecule has 0 radical (unpaired) electrons. The molecule has 2 heterocycles. The van der Waals surface area contributed by atoms with E-state index in [4.69, 9.17) is 0 Å². The number of carbonyl (C=O) groups is 2. The van der Waals surface area contributed by atoms with Gasteiger partial charge in [0.1, 0.15) is 5.69 Å². The molecule has 1 aromatic carbocycles. The van der Waals surface area contributed by atoms with E-state index in [0.717, 1.165) is 12.1 Å². The molecule has 0 spiro atoms. The third-order valence-electron chi connectivity index (χ3n) is 4.29. The molecule has 1 unspecified atom stereocenters. The van der Waals surface area contributed by atoms with Crippen LogP contribution in [0.15, 0.2) is 36.4 Å². The molecule has 1 fully saturated rings. The number of hydrogen-bond donors (Lipinski definition) is 2. The first-order valence-corrected chi connectivity index (χ1v) is 8.25. The summed E-state index contributed by atoms with van der Waals surface area (Å²) in [5, 5.41) is 10.0. The van der Waals surface area contributed by atoms with E-state index < -0.39 is 0 Å². The topological polar surface area (TPSA) is 78.1 Å². The lowest BCUT2D eigenvalue weighted by atomic mass is 10.1. The zero-order valence-electron chi connectivity index (χ0n) is 14.0. The lowest BCUT2D eigenvalue weighted by Gasteiger charge is -2.16. The summed E-state index contributed by atoms with van der Waals surface area (Å²) < 4.78 is 0. The van der Waals surface area contributed by atoms with E-state index in [-0.39, 0.29) is 17.9 Å². The number of aromatic amines is 1. The molecule has 3 rings (SSSR count). The smallest absolute Gasteiger partial charge is 0.274 e. The summed E-state index contributed by atoms with van der Waals surface area (Å²) in [6.45, 7) is 5.24. The Kier molecular flexibility index (Phi) is 4.64. The molecule has 126 valence electrons. The van der Waals surface area contributed by atoms with Gasteiger partial charge in [-0.3, -0.25) is 14.7 Å². The summed E-state index contributed by atoms with van der Waals surface area (Å²) in [7, 11) is 0. The van der Waals surface area contributed by atoms with Gasteiger partial charge in [0.25, 0.3) is 11.8 Å². The van der Waals surface area contributed by atoms with Crippen LogP contribution in [0.2, 0.25) is 0 Å². The molecule has 2 aromatic rings. The molecule has 0 saturated carbocycles. The molecule has 6 nitrogen and oxygen atoms in total. The van der Waals surface area contributed by atoms with Crippen LogP contribution in [-0.4, -0.2) is 46.0 Å². The van der Waals surface area contributed by atoms with Crippen molar-refractivity contribution in [3.8, 4) is 0 Å². The molecule has 0 bridgehead atoms. The Morgan fingerprint density at radius 1 is 1.29 bits per heavy atom. The average Bonchev–Trinajstić information content (AvgIpc) is 3.24. The quantitative estimate of drug-likeness (QED) is 0.904. The highest BCUT2D eigenvalue weighted by atomic mass is 16.2. The fraction of sp³-hybridized carbons (Fsp3) is 0.389. The predicted molar refractivity (Wildman–Crippen MR) is 90.9 cm³/mol. The Morgan fingerprint density at radius 3 is 2.71 bits per heavy atom. The van der Waals surface area contributed by atoms with Crippen LogP contribution in [-0.2, 0) is 0 Å². The van der Waals surface area contributed by atoms with E-state index in [1.54, 1.807) is 17.0 Å². The third-order valence-corrected chi connectivity index (χ3v) is 4.29. The SMILES string of the molecule is CC(C)c1cc(C(=O)N2CCC(NC(=O)c3ccccc3)C2)n[nH]1. The molecule has 0 aliphatic carbocycles. The van der Waals surface area contributed by atoms with Gasteiger partial charge in [0, 0.05) is 30.4 Å². The lowest BCUT2D eigenvalue weighted by Crippen LogP contribution is -2.38. The lowest BCUT2D eigenvalue weighted by molar-refractivity contribution is 0.0777. The van der Waals surface area contributed by atoms with Crippen LogP contribution in [0.25, 0.3) is 0 Å². The number of nitrogens with zero attached hydrogens (tertiary/aromatic N) is 2. The minimum Gasteiger partial charge on any atom is -0.347 e. The molecule has 1 aliphatic rings. The minimum absolute atomic E-state index is 0.0230. The molecule has 1 saturated heterocycles. The fourth-order valence-corrected chi connectivity index (χ4v) is 2.82. The van der Waals surface area contributed by atoms with Crippen LogP contribution >= 0.6 is 0 Å². The number of aromatic nitrogens is 2. The van der Waals surface area contributed by atoms with E-state index in [9.17, 15) is 9.59 Å². The van der Waals surface area contributed by atoms with Crippen molar-refractivity contribution in [2.45, 2.75) is 32.2 Å². The van der Waals surface area contributed by atoms with Crippen molar-refractivity contribution in [3.63, 3.8) is 0 Å². The average molecular weight is 326 g/mol. The van der Waals surface area contributed by atoms with Crippen LogP contribution in [0.1, 0.15) is 52.7 Å². The first-order chi connectivity index (χ1) is 11.5. The number of hydrogen-bond acceptors (Lipinski definition) is 3. The molecule has 1 aromatic heterocycles. The van der Waals surface area contributed by atoms with Gasteiger partial charge in [-0.05, 0) is 30.5 Å². The third kappa shape index (κ3) is 3.48. The normalized spacial score (nSPS) is 17.3. The maximum absolute atomic E-state index is 12.5. The zero-order valence-corrected chi connectivity index (χ0v) is 14.0. The van der Waals surface area contributed by atoms with Crippen molar-refractivity contribution in [2.24, 2.45) is 0 Å². The minimum atomic E-state index is -0.100. The van der Waals surface area contributed by atoms with E-state index in [2.05, 4.69) is 15.5 Å². The van der Waals surface area contributed by atoms with Crippen molar-refractivity contribution in [2.75, 3.05) is 13.1 Å². The van der Waals surface area contributed by atoms with Crippen molar-refractivity contribution >= 4 is 11.8 Å². The van der Waals surface area contributed by atoms with Crippen LogP contribution in [0.4, 0.5) is 0 Å². The van der Waals surface area contributed by atoms with E-state index in [1.807, 2.05) is 38.1 Å². The predicted octanol–water partition coefficient (Wildman–Crippen LogP) is 2.18. The molecular weight excluding hydrogens is 304 g/mol. The van der Waals surface area contributed by atoms with Gasteiger partial charge in [0.2, 0.25) is 0 Å². The van der Waals surface area contributed by atoms with E-state index in [0.29, 0.717) is 30.3 Å². The Labute approximate surface area is 141 Å². The first-order valence-electron chi connectivity index (χ1n) is 8.25. The number of H-pyrrole nitrogens is 1. The second-order valence-electron chi connectivity index (χ2n) is 6.44. The fourth-order valence-electron chi connectivity index (χ4n) is 2.82. The maximum atomic E-state index is 12.5. The van der Waals surface area contributed by atoms with E-state index >= 15 is 0 Å². The summed E-state index contributed by atoms with van der Waals surface area (Å²) >= 11 is 0. The summed E-state index contributed by atoms with van der Waals surface area (Å²) in [6.07, 6.45) is 0.756. The summed E-state index contributed by atoms with van der Waals surface area (Å²) in [6, 6.07) is 10.9. The number of benzene rings is 1. The second-order valence-corrected chi connectivity index (χ2v) is 6.44. The summed E-state index contributed by atoms with van der Waals surface area (Å²) in [4.78, 5) is 26.5. The first kappa shape index (κ1) is 16.2. The van der Waals surface area contributed by atoms with Crippen molar-refractivity contribution in [1.82, 2.24) is 20.4 Å². The van der Waals surface area contributed by atoms with Gasteiger partial charge in [-0.1, -0.05) is 32.0 Å². The Bertz CT molecular complexity index is 724. The number of nitrogens with one attached hydrogen (secondary N) is 2. The molecule has 24 heavy (non-hydrogen) atoms. The Hall–Kier alpha value is -2.63.